The van der Waals surface area contributed by atoms with Crippen LogP contribution in [0.25, 0.3) is 0 Å². The molecular formula is C25H34N2O3S. The van der Waals surface area contributed by atoms with Gasteiger partial charge in [-0.3, -0.25) is 9.10 Å². The van der Waals surface area contributed by atoms with Crippen molar-refractivity contribution in [1.29, 1.82) is 0 Å². The molecule has 0 amide bonds. The summed E-state index contributed by atoms with van der Waals surface area (Å²) in [5, 5.41) is 12.4. The minimum absolute atomic E-state index is 0.0247. The summed E-state index contributed by atoms with van der Waals surface area (Å²) >= 11 is 0. The van der Waals surface area contributed by atoms with E-state index in [-0.39, 0.29) is 12.5 Å². The number of anilines is 1. The molecule has 0 radical (unpaired) electrons. The number of carboxylic acids is 1. The van der Waals surface area contributed by atoms with Gasteiger partial charge in [0.15, 0.2) is 11.0 Å². The minimum atomic E-state index is -1.23. The Kier molecular flexibility index (Phi) is 8.67. The van der Waals surface area contributed by atoms with Crippen molar-refractivity contribution in [3.05, 3.63) is 59.2 Å². The number of carbonyl (C=O) groups is 1. The molecule has 0 aromatic heterocycles. The van der Waals surface area contributed by atoms with Gasteiger partial charge in [0.05, 0.1) is 16.6 Å². The number of nitrogens with one attached hydrogen (secondary N) is 1. The van der Waals surface area contributed by atoms with Crippen LogP contribution in [0.3, 0.4) is 0 Å². The summed E-state index contributed by atoms with van der Waals surface area (Å²) in [5.41, 5.74) is 4.39. The quantitative estimate of drug-likeness (QED) is 0.460. The normalized spacial score (nSPS) is 17.7. The lowest BCUT2D eigenvalue weighted by atomic mass is 9.96. The van der Waals surface area contributed by atoms with Crippen molar-refractivity contribution in [3.63, 3.8) is 0 Å². The highest BCUT2D eigenvalue weighted by atomic mass is 32.2. The first-order valence-electron chi connectivity index (χ1n) is 11.3. The first-order valence-corrected chi connectivity index (χ1v) is 12.4. The third-order valence-corrected chi connectivity index (χ3v) is 7.34. The molecule has 1 aliphatic heterocycles. The van der Waals surface area contributed by atoms with Crippen molar-refractivity contribution in [1.82, 2.24) is 5.32 Å². The molecule has 0 saturated heterocycles. The zero-order valence-electron chi connectivity index (χ0n) is 18.6. The fraction of sp³-hybridized carbons (Fsp3) is 0.480. The van der Waals surface area contributed by atoms with E-state index in [1.807, 2.05) is 42.5 Å². The van der Waals surface area contributed by atoms with E-state index in [4.69, 9.17) is 5.11 Å². The Hall–Kier alpha value is -2.18. The van der Waals surface area contributed by atoms with Crippen LogP contribution in [-0.4, -0.2) is 28.9 Å². The molecule has 2 N–H and O–H groups in total. The van der Waals surface area contributed by atoms with Crippen LogP contribution in [0.5, 0.6) is 0 Å². The summed E-state index contributed by atoms with van der Waals surface area (Å²) in [5.74, 6) is -0.696. The fourth-order valence-corrected chi connectivity index (χ4v) is 5.52. The predicted octanol–water partition coefficient (Wildman–Crippen LogP) is 5.35. The first kappa shape index (κ1) is 23.5. The van der Waals surface area contributed by atoms with Gasteiger partial charge in [0.25, 0.3) is 0 Å². The number of fused-ring (bicyclic) bond motifs is 2. The maximum absolute atomic E-state index is 13.2. The van der Waals surface area contributed by atoms with Gasteiger partial charge in [-0.1, -0.05) is 62.4 Å². The number of nitrogens with zero attached hydrogens (tertiary/aromatic N) is 1. The summed E-state index contributed by atoms with van der Waals surface area (Å²) < 4.78 is 15.1. The standard InChI is InChI=1S/C25H34N2O3S/c1-19-15-16-21-23(18-19)31(30)27(2)22-13-10-9-12-20(22)25(21)26-17-11-7-5-3-4-6-8-14-24(28)29/h9-10,12-13,15-16,18,25-26H,3-8,11,14,17H2,1-2H3,(H,28,29). The molecule has 31 heavy (non-hydrogen) atoms. The lowest BCUT2D eigenvalue weighted by Crippen LogP contribution is -2.24. The van der Waals surface area contributed by atoms with Crippen LogP contribution in [0.15, 0.2) is 47.4 Å². The molecule has 1 heterocycles. The van der Waals surface area contributed by atoms with Crippen LogP contribution < -0.4 is 9.62 Å². The summed E-state index contributed by atoms with van der Waals surface area (Å²) in [6, 6.07) is 14.5. The van der Waals surface area contributed by atoms with Crippen LogP contribution in [0, 0.1) is 6.92 Å². The van der Waals surface area contributed by atoms with Crippen LogP contribution in [0.4, 0.5) is 5.69 Å². The smallest absolute Gasteiger partial charge is 0.303 e. The zero-order chi connectivity index (χ0) is 22.2. The van der Waals surface area contributed by atoms with Gasteiger partial charge in [0.1, 0.15) is 0 Å². The number of aliphatic carboxylic acids is 1. The Labute approximate surface area is 188 Å². The lowest BCUT2D eigenvalue weighted by molar-refractivity contribution is -0.137. The van der Waals surface area contributed by atoms with Crippen LogP contribution in [0.1, 0.15) is 74.1 Å². The van der Waals surface area contributed by atoms with Crippen molar-refractivity contribution in [2.75, 3.05) is 17.9 Å². The van der Waals surface area contributed by atoms with E-state index in [1.165, 1.54) is 12.0 Å². The third kappa shape index (κ3) is 6.17. The minimum Gasteiger partial charge on any atom is -0.481 e. The molecule has 0 saturated carbocycles. The van der Waals surface area contributed by atoms with Gasteiger partial charge in [0, 0.05) is 13.5 Å². The molecule has 2 unspecified atom stereocenters. The zero-order valence-corrected chi connectivity index (χ0v) is 19.4. The number of unbranched alkanes of at least 4 members (excludes halogenated alkanes) is 6. The Morgan fingerprint density at radius 1 is 1.00 bits per heavy atom. The molecule has 3 rings (SSSR count). The Morgan fingerprint density at radius 3 is 2.42 bits per heavy atom. The van der Waals surface area contributed by atoms with E-state index < -0.39 is 17.0 Å². The summed E-state index contributed by atoms with van der Waals surface area (Å²) in [7, 11) is 0.672. The van der Waals surface area contributed by atoms with E-state index in [1.54, 1.807) is 0 Å². The SMILES string of the molecule is Cc1ccc2c(c1)S(=O)N(C)c1ccccc1C2NCCCCCCCCCC(=O)O. The number of hydrogen-bond donors (Lipinski definition) is 2. The number of benzene rings is 2. The highest BCUT2D eigenvalue weighted by Gasteiger charge is 2.29. The summed E-state index contributed by atoms with van der Waals surface area (Å²) in [4.78, 5) is 11.4. The van der Waals surface area contributed by atoms with Gasteiger partial charge in [-0.15, -0.1) is 0 Å². The third-order valence-electron chi connectivity index (χ3n) is 5.92. The van der Waals surface area contributed by atoms with Crippen molar-refractivity contribution < 1.29 is 14.1 Å². The van der Waals surface area contributed by atoms with Crippen molar-refractivity contribution in [2.24, 2.45) is 0 Å². The summed E-state index contributed by atoms with van der Waals surface area (Å²) in [6.07, 6.45) is 7.78. The number of hydrogen-bond acceptors (Lipinski definition) is 3. The molecule has 6 heteroatoms. The van der Waals surface area contributed by atoms with E-state index in [2.05, 4.69) is 23.5 Å². The van der Waals surface area contributed by atoms with Crippen molar-refractivity contribution >= 4 is 22.6 Å². The van der Waals surface area contributed by atoms with E-state index in [9.17, 15) is 9.00 Å². The predicted molar refractivity (Wildman–Crippen MR) is 127 cm³/mol. The molecule has 1 aliphatic rings. The second-order valence-corrected chi connectivity index (χ2v) is 9.84. The Bertz CT molecular complexity index is 915. The van der Waals surface area contributed by atoms with Crippen molar-refractivity contribution in [2.45, 2.75) is 69.2 Å². The largest absolute Gasteiger partial charge is 0.481 e. The highest BCUT2D eigenvalue weighted by molar-refractivity contribution is 7.86. The highest BCUT2D eigenvalue weighted by Crippen LogP contribution is 2.38. The van der Waals surface area contributed by atoms with Gasteiger partial charge < -0.3 is 10.4 Å². The second-order valence-electron chi connectivity index (χ2n) is 8.35. The molecule has 2 aromatic carbocycles. The lowest BCUT2D eigenvalue weighted by Gasteiger charge is -2.22. The van der Waals surface area contributed by atoms with E-state index in [0.29, 0.717) is 0 Å². The molecular weight excluding hydrogens is 408 g/mol. The van der Waals surface area contributed by atoms with Gasteiger partial charge in [-0.05, 0) is 55.1 Å². The topological polar surface area (TPSA) is 69.6 Å². The molecule has 2 atom stereocenters. The first-order chi connectivity index (χ1) is 15.0. The van der Waals surface area contributed by atoms with Crippen LogP contribution in [-0.2, 0) is 15.8 Å². The Balaban J connectivity index is 1.58. The van der Waals surface area contributed by atoms with Crippen molar-refractivity contribution in [3.8, 4) is 0 Å². The van der Waals surface area contributed by atoms with E-state index >= 15 is 0 Å². The monoisotopic (exact) mass is 442 g/mol. The molecule has 0 bridgehead atoms. The Morgan fingerprint density at radius 2 is 1.68 bits per heavy atom. The van der Waals surface area contributed by atoms with Crippen LogP contribution >= 0.6 is 0 Å². The number of para-hydroxylation sites is 1. The maximum atomic E-state index is 13.2. The van der Waals surface area contributed by atoms with E-state index in [0.717, 1.165) is 66.8 Å². The maximum Gasteiger partial charge on any atom is 0.303 e. The average Bonchev–Trinajstić information content (AvgIpc) is 2.84. The molecule has 5 nitrogen and oxygen atoms in total. The molecule has 168 valence electrons. The molecule has 0 spiro atoms. The number of carboxylic acid groups (broad SMARTS) is 1. The molecule has 0 aliphatic carbocycles. The van der Waals surface area contributed by atoms with Crippen LogP contribution in [0.2, 0.25) is 0 Å². The fourth-order valence-electron chi connectivity index (χ4n) is 4.21. The summed E-state index contributed by atoms with van der Waals surface area (Å²) in [6.45, 7) is 2.95. The average molecular weight is 443 g/mol. The second kappa shape index (κ2) is 11.4. The van der Waals surface area contributed by atoms with Gasteiger partial charge in [0.2, 0.25) is 0 Å². The van der Waals surface area contributed by atoms with Gasteiger partial charge in [-0.25, -0.2) is 4.21 Å². The molecule has 2 aromatic rings. The number of rotatable bonds is 11. The van der Waals surface area contributed by atoms with Gasteiger partial charge in [-0.2, -0.15) is 0 Å². The number of aryl methyl sites for hydroxylation is 1. The van der Waals surface area contributed by atoms with Gasteiger partial charge >= 0.3 is 5.97 Å². The molecule has 0 fully saturated rings.